The van der Waals surface area contributed by atoms with E-state index in [1.165, 1.54) is 16.7 Å². The molecule has 0 bridgehead atoms. The minimum atomic E-state index is -3.23. The SMILES string of the molecule is CS(=O)(=O)c1ccccc1NC1CCCc2sc(Br)cc21. The summed E-state index contributed by atoms with van der Waals surface area (Å²) in [6.07, 6.45) is 4.51. The molecule has 21 heavy (non-hydrogen) atoms. The quantitative estimate of drug-likeness (QED) is 0.850. The molecule has 3 nitrogen and oxygen atoms in total. The maximum absolute atomic E-state index is 11.9. The first-order chi connectivity index (χ1) is 9.95. The van der Waals surface area contributed by atoms with E-state index in [1.54, 1.807) is 23.5 Å². The van der Waals surface area contributed by atoms with Crippen molar-refractivity contribution in [3.63, 3.8) is 0 Å². The minimum absolute atomic E-state index is 0.180. The zero-order chi connectivity index (χ0) is 15.0. The number of rotatable bonds is 3. The maximum atomic E-state index is 11.9. The van der Waals surface area contributed by atoms with Crippen molar-refractivity contribution in [2.75, 3.05) is 11.6 Å². The fourth-order valence-corrected chi connectivity index (χ4v) is 5.44. The van der Waals surface area contributed by atoms with Crippen molar-refractivity contribution in [2.45, 2.75) is 30.2 Å². The summed E-state index contributed by atoms with van der Waals surface area (Å²) < 4.78 is 24.9. The lowest BCUT2D eigenvalue weighted by Crippen LogP contribution is -2.17. The molecule has 0 amide bonds. The summed E-state index contributed by atoms with van der Waals surface area (Å²) in [5.41, 5.74) is 1.99. The highest BCUT2D eigenvalue weighted by Crippen LogP contribution is 2.40. The Morgan fingerprint density at radius 2 is 2.10 bits per heavy atom. The molecule has 0 saturated heterocycles. The topological polar surface area (TPSA) is 46.2 Å². The van der Waals surface area contributed by atoms with Gasteiger partial charge >= 0.3 is 0 Å². The van der Waals surface area contributed by atoms with E-state index in [0.29, 0.717) is 10.6 Å². The van der Waals surface area contributed by atoms with E-state index in [-0.39, 0.29) is 6.04 Å². The molecular formula is C15H16BrNO2S2. The van der Waals surface area contributed by atoms with Crippen LogP contribution in [0.15, 0.2) is 39.0 Å². The highest BCUT2D eigenvalue weighted by molar-refractivity contribution is 9.11. The average Bonchev–Trinajstić information content (AvgIpc) is 2.79. The Hall–Kier alpha value is -0.850. The molecule has 0 saturated carbocycles. The third-order valence-corrected chi connectivity index (χ3v) is 6.57. The summed E-state index contributed by atoms with van der Waals surface area (Å²) in [4.78, 5) is 1.76. The van der Waals surface area contributed by atoms with E-state index in [0.717, 1.165) is 23.0 Å². The van der Waals surface area contributed by atoms with Gasteiger partial charge in [0, 0.05) is 11.1 Å². The van der Waals surface area contributed by atoms with Crippen LogP contribution in [0.25, 0.3) is 0 Å². The normalized spacial score (nSPS) is 18.3. The molecule has 1 unspecified atom stereocenters. The van der Waals surface area contributed by atoms with Crippen molar-refractivity contribution in [3.05, 3.63) is 44.6 Å². The van der Waals surface area contributed by atoms with Crippen LogP contribution in [0.2, 0.25) is 0 Å². The third-order valence-electron chi connectivity index (χ3n) is 3.70. The van der Waals surface area contributed by atoms with Crippen LogP contribution < -0.4 is 5.32 Å². The average molecular weight is 386 g/mol. The van der Waals surface area contributed by atoms with E-state index in [1.807, 2.05) is 12.1 Å². The number of nitrogens with one attached hydrogen (secondary N) is 1. The second kappa shape index (κ2) is 5.74. The minimum Gasteiger partial charge on any atom is -0.377 e. The Kier molecular flexibility index (Phi) is 4.12. The number of aryl methyl sites for hydroxylation is 1. The van der Waals surface area contributed by atoms with Crippen molar-refractivity contribution in [2.24, 2.45) is 0 Å². The molecule has 1 aliphatic rings. The van der Waals surface area contributed by atoms with Crippen molar-refractivity contribution >= 4 is 42.8 Å². The molecule has 1 N–H and O–H groups in total. The maximum Gasteiger partial charge on any atom is 0.177 e. The number of sulfone groups is 1. The molecule has 6 heteroatoms. The molecule has 1 heterocycles. The van der Waals surface area contributed by atoms with Crippen LogP contribution in [0.5, 0.6) is 0 Å². The predicted molar refractivity (Wildman–Crippen MR) is 90.9 cm³/mol. The second-order valence-corrected chi connectivity index (χ2v) is 9.79. The lowest BCUT2D eigenvalue weighted by Gasteiger charge is -2.25. The van der Waals surface area contributed by atoms with Crippen LogP contribution in [0.1, 0.15) is 29.3 Å². The van der Waals surface area contributed by atoms with Crippen LogP contribution in [-0.2, 0) is 16.3 Å². The van der Waals surface area contributed by atoms with Crippen LogP contribution in [0.3, 0.4) is 0 Å². The number of hydrogen-bond acceptors (Lipinski definition) is 4. The lowest BCUT2D eigenvalue weighted by atomic mass is 9.94. The van der Waals surface area contributed by atoms with Crippen LogP contribution in [-0.4, -0.2) is 14.7 Å². The second-order valence-electron chi connectivity index (χ2n) is 5.29. The molecule has 0 aliphatic heterocycles. The van der Waals surface area contributed by atoms with E-state index in [2.05, 4.69) is 27.3 Å². The van der Waals surface area contributed by atoms with Gasteiger partial charge in [0.1, 0.15) is 0 Å². The fourth-order valence-electron chi connectivity index (χ4n) is 2.77. The lowest BCUT2D eigenvalue weighted by molar-refractivity contribution is 0.598. The van der Waals surface area contributed by atoms with Gasteiger partial charge in [-0.3, -0.25) is 0 Å². The molecule has 0 spiro atoms. The molecule has 2 aromatic rings. The van der Waals surface area contributed by atoms with Gasteiger partial charge in [-0.05, 0) is 59.0 Å². The summed E-state index contributed by atoms with van der Waals surface area (Å²) in [6, 6.07) is 9.45. The van der Waals surface area contributed by atoms with Gasteiger partial charge in [0.2, 0.25) is 0 Å². The summed E-state index contributed by atoms with van der Waals surface area (Å²) in [7, 11) is -3.23. The fraction of sp³-hybridized carbons (Fsp3) is 0.333. The monoisotopic (exact) mass is 385 g/mol. The van der Waals surface area contributed by atoms with E-state index >= 15 is 0 Å². The smallest absolute Gasteiger partial charge is 0.177 e. The number of fused-ring (bicyclic) bond motifs is 1. The van der Waals surface area contributed by atoms with Gasteiger partial charge in [-0.2, -0.15) is 0 Å². The Balaban J connectivity index is 1.96. The van der Waals surface area contributed by atoms with E-state index < -0.39 is 9.84 Å². The van der Waals surface area contributed by atoms with Crippen LogP contribution >= 0.6 is 27.3 Å². The van der Waals surface area contributed by atoms with E-state index in [4.69, 9.17) is 0 Å². The first-order valence-corrected chi connectivity index (χ1v) is 10.3. The third kappa shape index (κ3) is 3.17. The summed E-state index contributed by atoms with van der Waals surface area (Å²) in [5, 5.41) is 3.43. The number of halogens is 1. The highest BCUT2D eigenvalue weighted by Gasteiger charge is 2.24. The van der Waals surface area contributed by atoms with Crippen molar-refractivity contribution < 1.29 is 8.42 Å². The van der Waals surface area contributed by atoms with Crippen LogP contribution in [0.4, 0.5) is 5.69 Å². The van der Waals surface area contributed by atoms with Gasteiger partial charge in [-0.15, -0.1) is 11.3 Å². The molecule has 1 aromatic carbocycles. The predicted octanol–water partition coefficient (Wildman–Crippen LogP) is 4.40. The summed E-state index contributed by atoms with van der Waals surface area (Å²) in [6.45, 7) is 0. The molecule has 1 atom stereocenters. The zero-order valence-corrected chi connectivity index (χ0v) is 14.8. The van der Waals surface area contributed by atoms with Crippen molar-refractivity contribution in [3.8, 4) is 0 Å². The van der Waals surface area contributed by atoms with Gasteiger partial charge in [0.15, 0.2) is 9.84 Å². The van der Waals surface area contributed by atoms with Crippen molar-refractivity contribution in [1.29, 1.82) is 0 Å². The van der Waals surface area contributed by atoms with E-state index in [9.17, 15) is 8.42 Å². The molecule has 1 aliphatic carbocycles. The highest BCUT2D eigenvalue weighted by atomic mass is 79.9. The molecule has 3 rings (SSSR count). The Morgan fingerprint density at radius 3 is 2.86 bits per heavy atom. The Bertz CT molecular complexity index is 768. The molecule has 0 fully saturated rings. The van der Waals surface area contributed by atoms with Crippen molar-refractivity contribution in [1.82, 2.24) is 0 Å². The van der Waals surface area contributed by atoms with Gasteiger partial charge in [-0.1, -0.05) is 12.1 Å². The first kappa shape index (κ1) is 15.1. The number of para-hydroxylation sites is 1. The zero-order valence-electron chi connectivity index (χ0n) is 11.6. The van der Waals surface area contributed by atoms with Gasteiger partial charge in [0.25, 0.3) is 0 Å². The molecule has 0 radical (unpaired) electrons. The number of thiophene rings is 1. The van der Waals surface area contributed by atoms with Gasteiger partial charge < -0.3 is 5.32 Å². The molecular weight excluding hydrogens is 370 g/mol. The Labute approximate surface area is 137 Å². The number of benzene rings is 1. The first-order valence-electron chi connectivity index (χ1n) is 6.79. The van der Waals surface area contributed by atoms with Gasteiger partial charge in [-0.25, -0.2) is 8.42 Å². The van der Waals surface area contributed by atoms with Gasteiger partial charge in [0.05, 0.1) is 20.4 Å². The summed E-state index contributed by atoms with van der Waals surface area (Å²) in [5.74, 6) is 0. The van der Waals surface area contributed by atoms with Crippen LogP contribution in [0, 0.1) is 0 Å². The number of hydrogen-bond donors (Lipinski definition) is 1. The largest absolute Gasteiger partial charge is 0.377 e. The molecule has 112 valence electrons. The summed E-state index contributed by atoms with van der Waals surface area (Å²) >= 11 is 5.32. The standard InChI is InChI=1S/C15H16BrNO2S2/c1-21(18,19)14-8-3-2-5-12(14)17-11-6-4-7-13-10(11)9-15(16)20-13/h2-3,5,8-9,11,17H,4,6-7H2,1H3. The molecule has 1 aromatic heterocycles. The Morgan fingerprint density at radius 1 is 1.33 bits per heavy atom. The number of anilines is 1.